The number of para-hydroxylation sites is 1. The highest BCUT2D eigenvalue weighted by molar-refractivity contribution is 7.94. The quantitative estimate of drug-likeness (QED) is 0.513. The molecular weight excluding hydrogens is 486 g/mol. The van der Waals surface area contributed by atoms with Crippen molar-refractivity contribution in [3.63, 3.8) is 0 Å². The second-order valence-electron chi connectivity index (χ2n) is 7.90. The number of hydrogen-bond donors (Lipinski definition) is 1. The molecule has 0 unspecified atom stereocenters. The lowest BCUT2D eigenvalue weighted by molar-refractivity contribution is -0.114. The Morgan fingerprint density at radius 2 is 1.53 bits per heavy atom. The second kappa shape index (κ2) is 9.78. The Morgan fingerprint density at radius 1 is 0.917 bits per heavy atom. The molecule has 36 heavy (non-hydrogen) atoms. The smallest absolute Gasteiger partial charge is 0.343 e. The van der Waals surface area contributed by atoms with E-state index in [1.165, 1.54) is 33.5 Å². The van der Waals surface area contributed by atoms with Gasteiger partial charge >= 0.3 is 6.03 Å². The maximum Gasteiger partial charge on any atom is 0.343 e. The molecule has 3 aromatic rings. The summed E-state index contributed by atoms with van der Waals surface area (Å²) < 4.78 is 43.4. The van der Waals surface area contributed by atoms with E-state index in [1.807, 2.05) is 6.92 Å². The Labute approximate surface area is 209 Å². The van der Waals surface area contributed by atoms with Crippen LogP contribution in [0.2, 0.25) is 0 Å². The van der Waals surface area contributed by atoms with E-state index < -0.39 is 28.5 Å². The summed E-state index contributed by atoms with van der Waals surface area (Å²) in [5.41, 5.74) is 1.54. The zero-order valence-electron chi connectivity index (χ0n) is 20.1. The topological polar surface area (TPSA) is 114 Å². The van der Waals surface area contributed by atoms with Crippen LogP contribution in [0.25, 0.3) is 0 Å². The Kier molecular flexibility index (Phi) is 6.75. The third-order valence-electron chi connectivity index (χ3n) is 5.60. The molecule has 3 amide bonds. The number of anilines is 3. The SMILES string of the molecule is COc1cc(NC(=O)CN2C(=O)N(c3ccc(C)cc3)S(=O)(=O)c3ccccc32)cc(OC)c1OC. The minimum atomic E-state index is -4.19. The number of rotatable bonds is 7. The van der Waals surface area contributed by atoms with Gasteiger partial charge in [0.1, 0.15) is 11.4 Å². The van der Waals surface area contributed by atoms with E-state index in [4.69, 9.17) is 14.2 Å². The lowest BCUT2D eigenvalue weighted by Crippen LogP contribution is -2.53. The van der Waals surface area contributed by atoms with Gasteiger partial charge in [0.15, 0.2) is 11.5 Å². The molecule has 188 valence electrons. The molecule has 3 aromatic carbocycles. The summed E-state index contributed by atoms with van der Waals surface area (Å²) in [4.78, 5) is 27.6. The standard InChI is InChI=1S/C25H25N3O7S/c1-16-9-11-18(12-10-16)28-25(30)27(19-7-5-6-8-22(19)36(28,31)32)15-23(29)26-17-13-20(33-2)24(35-4)21(14-17)34-3/h5-14H,15H2,1-4H3,(H,26,29). The Balaban J connectivity index is 1.69. The van der Waals surface area contributed by atoms with E-state index in [0.29, 0.717) is 27.2 Å². The lowest BCUT2D eigenvalue weighted by Gasteiger charge is -2.35. The van der Waals surface area contributed by atoms with E-state index in [1.54, 1.807) is 48.5 Å². The highest BCUT2D eigenvalue weighted by atomic mass is 32.2. The van der Waals surface area contributed by atoms with Gasteiger partial charge in [-0.3, -0.25) is 9.69 Å². The minimum absolute atomic E-state index is 0.0780. The van der Waals surface area contributed by atoms with Crippen molar-refractivity contribution < 1.29 is 32.2 Å². The van der Waals surface area contributed by atoms with Gasteiger partial charge in [0, 0.05) is 17.8 Å². The maximum atomic E-state index is 13.5. The van der Waals surface area contributed by atoms with Gasteiger partial charge in [-0.1, -0.05) is 29.8 Å². The fraction of sp³-hybridized carbons (Fsp3) is 0.200. The van der Waals surface area contributed by atoms with Gasteiger partial charge in [0.2, 0.25) is 11.7 Å². The van der Waals surface area contributed by atoms with Crippen molar-refractivity contribution in [3.05, 3.63) is 66.2 Å². The number of amides is 3. The summed E-state index contributed by atoms with van der Waals surface area (Å²) in [6, 6.07) is 14.8. The molecule has 0 spiro atoms. The molecule has 0 atom stereocenters. The largest absolute Gasteiger partial charge is 0.493 e. The highest BCUT2D eigenvalue weighted by Gasteiger charge is 2.43. The minimum Gasteiger partial charge on any atom is -0.493 e. The lowest BCUT2D eigenvalue weighted by atomic mass is 10.2. The van der Waals surface area contributed by atoms with Crippen LogP contribution in [-0.4, -0.2) is 48.2 Å². The number of carbonyl (C=O) groups is 2. The summed E-state index contributed by atoms with van der Waals surface area (Å²) in [6.07, 6.45) is 0. The monoisotopic (exact) mass is 511 g/mol. The molecule has 0 aliphatic carbocycles. The molecule has 0 aromatic heterocycles. The predicted molar refractivity (Wildman–Crippen MR) is 135 cm³/mol. The first-order valence-corrected chi connectivity index (χ1v) is 12.3. The van der Waals surface area contributed by atoms with Crippen LogP contribution in [0.1, 0.15) is 5.56 Å². The van der Waals surface area contributed by atoms with Crippen molar-refractivity contribution in [2.75, 3.05) is 42.4 Å². The number of sulfonamides is 1. The molecule has 1 aliphatic heterocycles. The average molecular weight is 512 g/mol. The van der Waals surface area contributed by atoms with Crippen molar-refractivity contribution in [1.82, 2.24) is 0 Å². The van der Waals surface area contributed by atoms with Gasteiger partial charge in [0.05, 0.1) is 32.7 Å². The van der Waals surface area contributed by atoms with Crippen LogP contribution in [0.4, 0.5) is 21.9 Å². The predicted octanol–water partition coefficient (Wildman–Crippen LogP) is 3.79. The molecule has 0 saturated heterocycles. The number of hydrogen-bond acceptors (Lipinski definition) is 7. The molecule has 1 aliphatic rings. The van der Waals surface area contributed by atoms with Crippen LogP contribution >= 0.6 is 0 Å². The van der Waals surface area contributed by atoms with Crippen LogP contribution < -0.4 is 28.7 Å². The molecule has 1 heterocycles. The van der Waals surface area contributed by atoms with Gasteiger partial charge in [-0.05, 0) is 31.2 Å². The first-order valence-electron chi connectivity index (χ1n) is 10.8. The number of nitrogens with zero attached hydrogens (tertiary/aromatic N) is 2. The zero-order valence-corrected chi connectivity index (χ0v) is 21.0. The zero-order chi connectivity index (χ0) is 26.0. The number of benzene rings is 3. The van der Waals surface area contributed by atoms with Crippen LogP contribution in [0, 0.1) is 6.92 Å². The fourth-order valence-corrected chi connectivity index (χ4v) is 5.48. The van der Waals surface area contributed by atoms with Crippen molar-refractivity contribution in [2.45, 2.75) is 11.8 Å². The molecular formula is C25H25N3O7S. The van der Waals surface area contributed by atoms with Gasteiger partial charge < -0.3 is 19.5 Å². The van der Waals surface area contributed by atoms with Crippen LogP contribution in [0.15, 0.2) is 65.6 Å². The molecule has 1 N–H and O–H groups in total. The number of urea groups is 1. The van der Waals surface area contributed by atoms with Crippen molar-refractivity contribution in [3.8, 4) is 17.2 Å². The van der Waals surface area contributed by atoms with Gasteiger partial charge in [-0.25, -0.2) is 13.2 Å². The number of fused-ring (bicyclic) bond motifs is 1. The molecule has 11 heteroatoms. The van der Waals surface area contributed by atoms with Crippen LogP contribution in [-0.2, 0) is 14.8 Å². The molecule has 0 radical (unpaired) electrons. The Bertz CT molecular complexity index is 1400. The summed E-state index contributed by atoms with van der Waals surface area (Å²) >= 11 is 0. The normalized spacial score (nSPS) is 14.2. The maximum absolute atomic E-state index is 13.5. The number of aryl methyl sites for hydroxylation is 1. The van der Waals surface area contributed by atoms with Gasteiger partial charge in [-0.2, -0.15) is 4.31 Å². The molecule has 0 bridgehead atoms. The summed E-state index contributed by atoms with van der Waals surface area (Å²) in [6.45, 7) is 1.41. The van der Waals surface area contributed by atoms with Crippen LogP contribution in [0.3, 0.4) is 0 Å². The van der Waals surface area contributed by atoms with E-state index >= 15 is 0 Å². The van der Waals surface area contributed by atoms with Gasteiger partial charge in [-0.15, -0.1) is 0 Å². The van der Waals surface area contributed by atoms with E-state index in [9.17, 15) is 18.0 Å². The van der Waals surface area contributed by atoms with Crippen molar-refractivity contribution in [1.29, 1.82) is 0 Å². The summed E-state index contributed by atoms with van der Waals surface area (Å²) in [5.74, 6) is 0.471. The third kappa shape index (κ3) is 4.40. The number of ether oxygens (including phenoxy) is 3. The van der Waals surface area contributed by atoms with E-state index in [2.05, 4.69) is 5.32 Å². The summed E-state index contributed by atoms with van der Waals surface area (Å²) in [5, 5.41) is 2.71. The second-order valence-corrected chi connectivity index (χ2v) is 9.66. The highest BCUT2D eigenvalue weighted by Crippen LogP contribution is 2.40. The van der Waals surface area contributed by atoms with Crippen molar-refractivity contribution in [2.24, 2.45) is 0 Å². The summed E-state index contributed by atoms with van der Waals surface area (Å²) in [7, 11) is 0.178. The van der Waals surface area contributed by atoms with Crippen molar-refractivity contribution >= 4 is 39.0 Å². The first-order chi connectivity index (χ1) is 17.2. The first kappa shape index (κ1) is 24.9. The number of methoxy groups -OCH3 is 3. The van der Waals surface area contributed by atoms with E-state index in [0.717, 1.165) is 10.5 Å². The van der Waals surface area contributed by atoms with E-state index in [-0.39, 0.29) is 16.3 Å². The van der Waals surface area contributed by atoms with Crippen LogP contribution in [0.5, 0.6) is 17.2 Å². The molecule has 4 rings (SSSR count). The molecule has 0 fully saturated rings. The molecule has 0 saturated carbocycles. The van der Waals surface area contributed by atoms with Gasteiger partial charge in [0.25, 0.3) is 10.0 Å². The Hall–Kier alpha value is -4.25. The number of nitrogens with one attached hydrogen (secondary N) is 1. The number of carbonyl (C=O) groups excluding carboxylic acids is 2. The Morgan fingerprint density at radius 3 is 2.11 bits per heavy atom. The fourth-order valence-electron chi connectivity index (χ4n) is 3.89. The third-order valence-corrected chi connectivity index (χ3v) is 7.35. The average Bonchev–Trinajstić information content (AvgIpc) is 2.87. The molecule has 10 nitrogen and oxygen atoms in total.